The summed E-state index contributed by atoms with van der Waals surface area (Å²) in [5, 5.41) is 0.303. The van der Waals surface area contributed by atoms with E-state index in [2.05, 4.69) is 4.98 Å². The number of H-pyrrole nitrogens is 1. The Morgan fingerprint density at radius 1 is 1.12 bits per heavy atom. The normalized spacial score (nSPS) is 22.1. The van der Waals surface area contributed by atoms with E-state index in [-0.39, 0.29) is 4.87 Å². The van der Waals surface area contributed by atoms with Gasteiger partial charge in [-0.15, -0.1) is 0 Å². The molecule has 3 rings (SSSR count). The van der Waals surface area contributed by atoms with Crippen molar-refractivity contribution in [2.75, 3.05) is 14.2 Å². The lowest BCUT2D eigenvalue weighted by Gasteiger charge is -2.33. The molecule has 3 atom stereocenters. The minimum atomic E-state index is -0.823. The van der Waals surface area contributed by atoms with Gasteiger partial charge >= 0.3 is 16.8 Å². The molecule has 0 radical (unpaired) electrons. The third-order valence-electron chi connectivity index (χ3n) is 3.99. The van der Waals surface area contributed by atoms with Crippen LogP contribution in [0.25, 0.3) is 0 Å². The van der Waals surface area contributed by atoms with E-state index in [0.29, 0.717) is 14.9 Å². The Hall–Kier alpha value is -1.77. The van der Waals surface area contributed by atoms with E-state index < -0.39 is 29.0 Å². The molecule has 1 N–H and O–H groups in total. The molecule has 0 saturated carbocycles. The Morgan fingerprint density at radius 2 is 1.76 bits per heavy atom. The first-order valence-corrected chi connectivity index (χ1v) is 9.34. The van der Waals surface area contributed by atoms with Gasteiger partial charge in [-0.05, 0) is 17.7 Å². The number of carbonyl (C=O) groups excluding carboxylic acids is 2. The largest absolute Gasteiger partial charge is 0.469 e. The predicted octanol–water partition coefficient (Wildman–Crippen LogP) is 2.66. The number of hydrogen-bond acceptors (Lipinski definition) is 7. The standard InChI is InChI=1S/C16H14ClNO5S2/c1-22-14(19)10-9(7-3-5-8(17)6-4-7)11-13(18-16(21)25-11)24-12(10)15(20)23-2/h3-6,9-10,12H,1-2H3,(H,18,21)/t9-,10-,12+/m0/s1. The van der Waals surface area contributed by atoms with Crippen LogP contribution in [0.3, 0.4) is 0 Å². The number of nitrogens with one attached hydrogen (secondary N) is 1. The Labute approximate surface area is 156 Å². The van der Waals surface area contributed by atoms with Crippen molar-refractivity contribution < 1.29 is 19.1 Å². The molecule has 1 aromatic heterocycles. The van der Waals surface area contributed by atoms with Crippen LogP contribution in [0.1, 0.15) is 16.4 Å². The predicted molar refractivity (Wildman–Crippen MR) is 95.4 cm³/mol. The number of esters is 2. The molecule has 0 unspecified atom stereocenters. The fraction of sp³-hybridized carbons (Fsp3) is 0.312. The van der Waals surface area contributed by atoms with E-state index in [9.17, 15) is 14.4 Å². The van der Waals surface area contributed by atoms with Crippen molar-refractivity contribution in [3.05, 3.63) is 49.4 Å². The van der Waals surface area contributed by atoms with Crippen LogP contribution < -0.4 is 4.87 Å². The summed E-state index contributed by atoms with van der Waals surface area (Å²) in [4.78, 5) is 39.9. The summed E-state index contributed by atoms with van der Waals surface area (Å²) in [6.07, 6.45) is 0. The molecule has 2 aromatic rings. The van der Waals surface area contributed by atoms with Gasteiger partial charge in [0, 0.05) is 15.8 Å². The number of aromatic nitrogens is 1. The average molecular weight is 400 g/mol. The third kappa shape index (κ3) is 3.33. The lowest BCUT2D eigenvalue weighted by atomic mass is 9.82. The molecule has 25 heavy (non-hydrogen) atoms. The first-order chi connectivity index (χ1) is 12.0. The zero-order chi connectivity index (χ0) is 18.1. The molecule has 0 amide bonds. The molecule has 1 aromatic carbocycles. The number of benzene rings is 1. The molecule has 0 spiro atoms. The Kier molecular flexibility index (Phi) is 5.21. The molecule has 0 aliphatic carbocycles. The van der Waals surface area contributed by atoms with E-state index in [1.54, 1.807) is 24.3 Å². The number of rotatable bonds is 3. The van der Waals surface area contributed by atoms with E-state index >= 15 is 0 Å². The van der Waals surface area contributed by atoms with Crippen LogP contribution >= 0.6 is 34.7 Å². The fourth-order valence-corrected chi connectivity index (χ4v) is 5.51. The maximum absolute atomic E-state index is 12.5. The summed E-state index contributed by atoms with van der Waals surface area (Å²) in [7, 11) is 2.54. The minimum Gasteiger partial charge on any atom is -0.469 e. The summed E-state index contributed by atoms with van der Waals surface area (Å²) < 4.78 is 9.80. The number of thioether (sulfide) groups is 1. The zero-order valence-electron chi connectivity index (χ0n) is 13.3. The average Bonchev–Trinajstić information content (AvgIpc) is 2.99. The number of thiazole rings is 1. The fourth-order valence-electron chi connectivity index (χ4n) is 2.89. The Bertz CT molecular complexity index is 860. The van der Waals surface area contributed by atoms with Gasteiger partial charge in [-0.3, -0.25) is 14.4 Å². The zero-order valence-corrected chi connectivity index (χ0v) is 15.7. The Balaban J connectivity index is 2.20. The van der Waals surface area contributed by atoms with Crippen molar-refractivity contribution in [1.29, 1.82) is 0 Å². The SMILES string of the molecule is COC(=O)[C@H]1[C@H](c2ccc(Cl)cc2)c2sc(=O)[nH]c2S[C@H]1C(=O)OC. The van der Waals surface area contributed by atoms with Crippen molar-refractivity contribution >= 4 is 46.6 Å². The number of fused-ring (bicyclic) bond motifs is 1. The summed E-state index contributed by atoms with van der Waals surface area (Å²) in [5.41, 5.74) is 0.769. The van der Waals surface area contributed by atoms with E-state index in [4.69, 9.17) is 21.1 Å². The van der Waals surface area contributed by atoms with Gasteiger partial charge < -0.3 is 14.5 Å². The number of carbonyl (C=O) groups is 2. The smallest absolute Gasteiger partial charge is 0.320 e. The lowest BCUT2D eigenvalue weighted by Crippen LogP contribution is -2.40. The number of methoxy groups -OCH3 is 2. The van der Waals surface area contributed by atoms with Gasteiger partial charge in [-0.25, -0.2) is 0 Å². The first-order valence-electron chi connectivity index (χ1n) is 7.27. The van der Waals surface area contributed by atoms with Crippen LogP contribution in [-0.4, -0.2) is 36.4 Å². The lowest BCUT2D eigenvalue weighted by molar-refractivity contribution is -0.151. The highest BCUT2D eigenvalue weighted by Gasteiger charge is 2.48. The van der Waals surface area contributed by atoms with Crippen LogP contribution in [0.15, 0.2) is 34.1 Å². The Morgan fingerprint density at radius 3 is 2.36 bits per heavy atom. The number of hydrogen-bond donors (Lipinski definition) is 1. The minimum absolute atomic E-state index is 0.245. The van der Waals surface area contributed by atoms with Crippen molar-refractivity contribution in [2.45, 2.75) is 16.2 Å². The van der Waals surface area contributed by atoms with Crippen molar-refractivity contribution in [1.82, 2.24) is 4.98 Å². The maximum atomic E-state index is 12.5. The van der Waals surface area contributed by atoms with Gasteiger partial charge in [-0.1, -0.05) is 46.8 Å². The summed E-state index contributed by atoms with van der Waals surface area (Å²) in [6, 6.07) is 6.97. The molecule has 132 valence electrons. The van der Waals surface area contributed by atoms with Gasteiger partial charge in [0.2, 0.25) is 0 Å². The second-order valence-corrected chi connectivity index (χ2v) is 7.95. The van der Waals surface area contributed by atoms with Crippen LogP contribution in [0.4, 0.5) is 0 Å². The highest BCUT2D eigenvalue weighted by Crippen LogP contribution is 2.49. The molecule has 0 fully saturated rings. The highest BCUT2D eigenvalue weighted by molar-refractivity contribution is 8.00. The topological polar surface area (TPSA) is 85.5 Å². The van der Waals surface area contributed by atoms with Crippen molar-refractivity contribution in [3.8, 4) is 0 Å². The summed E-state index contributed by atoms with van der Waals surface area (Å²) in [5.74, 6) is -2.40. The molecular formula is C16H14ClNO5S2. The monoisotopic (exact) mass is 399 g/mol. The molecule has 2 heterocycles. The van der Waals surface area contributed by atoms with Crippen molar-refractivity contribution in [3.63, 3.8) is 0 Å². The summed E-state index contributed by atoms with van der Waals surface area (Å²) >= 11 is 8.10. The molecule has 0 bridgehead atoms. The van der Waals surface area contributed by atoms with Gasteiger partial charge in [0.15, 0.2) is 0 Å². The van der Waals surface area contributed by atoms with Crippen LogP contribution in [0, 0.1) is 5.92 Å². The van der Waals surface area contributed by atoms with E-state index in [1.807, 2.05) is 0 Å². The second-order valence-electron chi connectivity index (χ2n) is 5.35. The number of halogens is 1. The molecular weight excluding hydrogens is 386 g/mol. The van der Waals surface area contributed by atoms with Gasteiger partial charge in [0.05, 0.1) is 25.2 Å². The highest BCUT2D eigenvalue weighted by atomic mass is 35.5. The molecule has 1 aliphatic heterocycles. The van der Waals surface area contributed by atoms with Gasteiger partial charge in [0.1, 0.15) is 5.25 Å². The molecule has 0 saturated heterocycles. The van der Waals surface area contributed by atoms with Gasteiger partial charge in [-0.2, -0.15) is 0 Å². The number of ether oxygens (including phenoxy) is 2. The summed E-state index contributed by atoms with van der Waals surface area (Å²) in [6.45, 7) is 0. The quantitative estimate of drug-likeness (QED) is 0.798. The maximum Gasteiger partial charge on any atom is 0.320 e. The van der Waals surface area contributed by atoms with Crippen LogP contribution in [-0.2, 0) is 19.1 Å². The van der Waals surface area contributed by atoms with Gasteiger partial charge in [0.25, 0.3) is 0 Å². The van der Waals surface area contributed by atoms with Crippen LogP contribution in [0.5, 0.6) is 0 Å². The molecule has 6 nitrogen and oxygen atoms in total. The first kappa shape index (κ1) is 18.0. The van der Waals surface area contributed by atoms with Crippen molar-refractivity contribution in [2.24, 2.45) is 5.92 Å². The second kappa shape index (κ2) is 7.23. The van der Waals surface area contributed by atoms with Crippen LogP contribution in [0.2, 0.25) is 5.02 Å². The van der Waals surface area contributed by atoms with E-state index in [0.717, 1.165) is 28.7 Å². The molecule has 1 aliphatic rings. The third-order valence-corrected chi connectivity index (χ3v) is 6.63. The number of aromatic amines is 1. The van der Waals surface area contributed by atoms with E-state index in [1.165, 1.54) is 14.2 Å². The molecule has 9 heteroatoms.